The zero-order chi connectivity index (χ0) is 12.4. The van der Waals surface area contributed by atoms with Crippen molar-refractivity contribution in [3.05, 3.63) is 0 Å². The maximum Gasteiger partial charge on any atom is 0.254 e. The van der Waals surface area contributed by atoms with Gasteiger partial charge in [-0.25, -0.2) is 0 Å². The van der Waals surface area contributed by atoms with E-state index in [1.165, 1.54) is 0 Å². The minimum absolute atomic E-state index is 0.00367. The van der Waals surface area contributed by atoms with Gasteiger partial charge in [-0.3, -0.25) is 4.79 Å². The van der Waals surface area contributed by atoms with E-state index in [9.17, 15) is 4.79 Å². The number of amides is 1. The highest BCUT2D eigenvalue weighted by Crippen LogP contribution is 2.20. The summed E-state index contributed by atoms with van der Waals surface area (Å²) in [6.45, 7) is 10.4. The molecule has 1 fully saturated rings. The van der Waals surface area contributed by atoms with Crippen molar-refractivity contribution in [2.45, 2.75) is 45.3 Å². The van der Waals surface area contributed by atoms with Crippen LogP contribution < -0.4 is 5.32 Å². The third kappa shape index (κ3) is 2.74. The number of methoxy groups -OCH3 is 1. The molecule has 0 aromatic rings. The number of ether oxygens (including phenoxy) is 1. The van der Waals surface area contributed by atoms with Crippen molar-refractivity contribution in [1.29, 1.82) is 0 Å². The van der Waals surface area contributed by atoms with Crippen molar-refractivity contribution in [3.8, 4) is 0 Å². The third-order valence-electron chi connectivity index (χ3n) is 3.44. The van der Waals surface area contributed by atoms with Crippen LogP contribution in [0.5, 0.6) is 0 Å². The maximum absolute atomic E-state index is 12.3. The molecule has 16 heavy (non-hydrogen) atoms. The van der Waals surface area contributed by atoms with Crippen molar-refractivity contribution >= 4 is 5.91 Å². The van der Waals surface area contributed by atoms with Crippen LogP contribution >= 0.6 is 0 Å². The van der Waals surface area contributed by atoms with Crippen LogP contribution in [0.4, 0.5) is 0 Å². The van der Waals surface area contributed by atoms with Gasteiger partial charge in [0, 0.05) is 32.3 Å². The topological polar surface area (TPSA) is 41.6 Å². The van der Waals surface area contributed by atoms with Gasteiger partial charge in [0.1, 0.15) is 5.60 Å². The molecule has 4 heteroatoms. The van der Waals surface area contributed by atoms with E-state index < -0.39 is 5.60 Å². The molecule has 94 valence electrons. The van der Waals surface area contributed by atoms with E-state index in [-0.39, 0.29) is 11.4 Å². The highest BCUT2D eigenvalue weighted by Gasteiger charge is 2.38. The zero-order valence-corrected chi connectivity index (χ0v) is 11.1. The van der Waals surface area contributed by atoms with E-state index in [1.807, 2.05) is 18.7 Å². The van der Waals surface area contributed by atoms with Crippen molar-refractivity contribution in [3.63, 3.8) is 0 Å². The minimum Gasteiger partial charge on any atom is -0.369 e. The summed E-state index contributed by atoms with van der Waals surface area (Å²) in [7, 11) is 1.61. The van der Waals surface area contributed by atoms with E-state index in [0.29, 0.717) is 6.42 Å². The molecular formula is C12H24N2O2. The van der Waals surface area contributed by atoms with Gasteiger partial charge in [-0.05, 0) is 27.2 Å². The summed E-state index contributed by atoms with van der Waals surface area (Å²) in [5.41, 5.74) is -0.677. The molecule has 0 bridgehead atoms. The molecule has 1 aliphatic heterocycles. The third-order valence-corrected chi connectivity index (χ3v) is 3.44. The highest BCUT2D eigenvalue weighted by molar-refractivity contribution is 5.85. The van der Waals surface area contributed by atoms with Crippen LogP contribution in [0.3, 0.4) is 0 Å². The van der Waals surface area contributed by atoms with Crippen molar-refractivity contribution < 1.29 is 9.53 Å². The summed E-state index contributed by atoms with van der Waals surface area (Å²) in [6.07, 6.45) is 0.701. The molecule has 1 unspecified atom stereocenters. The molecule has 1 atom stereocenters. The van der Waals surface area contributed by atoms with Crippen molar-refractivity contribution in [2.24, 2.45) is 0 Å². The number of piperazine rings is 1. The van der Waals surface area contributed by atoms with Crippen LogP contribution in [0.15, 0.2) is 0 Å². The molecule has 0 aromatic carbocycles. The number of hydrogen-bond acceptors (Lipinski definition) is 3. The number of nitrogens with one attached hydrogen (secondary N) is 1. The molecule has 1 amide bonds. The van der Waals surface area contributed by atoms with E-state index in [2.05, 4.69) is 19.2 Å². The van der Waals surface area contributed by atoms with Gasteiger partial charge < -0.3 is 15.0 Å². The first-order chi connectivity index (χ1) is 7.34. The predicted octanol–water partition coefficient (Wildman–Crippen LogP) is 1.01. The average Bonchev–Trinajstić information content (AvgIpc) is 2.25. The lowest BCUT2D eigenvalue weighted by Gasteiger charge is -2.42. The molecule has 1 aliphatic rings. The van der Waals surface area contributed by atoms with Gasteiger partial charge in [-0.15, -0.1) is 0 Å². The molecule has 1 heterocycles. The van der Waals surface area contributed by atoms with Gasteiger partial charge in [-0.2, -0.15) is 0 Å². The first kappa shape index (κ1) is 13.5. The lowest BCUT2D eigenvalue weighted by Crippen LogP contribution is -2.61. The Bertz CT molecular complexity index is 260. The zero-order valence-electron chi connectivity index (χ0n) is 11.1. The number of nitrogens with zero attached hydrogens (tertiary/aromatic N) is 1. The Morgan fingerprint density at radius 2 is 2.19 bits per heavy atom. The predicted molar refractivity (Wildman–Crippen MR) is 64.4 cm³/mol. The fourth-order valence-corrected chi connectivity index (χ4v) is 2.03. The monoisotopic (exact) mass is 228 g/mol. The van der Waals surface area contributed by atoms with E-state index in [1.54, 1.807) is 7.11 Å². The van der Waals surface area contributed by atoms with E-state index in [0.717, 1.165) is 19.6 Å². The fourth-order valence-electron chi connectivity index (χ4n) is 2.03. The lowest BCUT2D eigenvalue weighted by molar-refractivity contribution is -0.155. The van der Waals surface area contributed by atoms with Gasteiger partial charge in [0.2, 0.25) is 0 Å². The highest BCUT2D eigenvalue weighted by atomic mass is 16.5. The quantitative estimate of drug-likeness (QED) is 0.784. The Labute approximate surface area is 98.3 Å². The molecule has 1 rings (SSSR count). The first-order valence-electron chi connectivity index (χ1n) is 5.94. The van der Waals surface area contributed by atoms with Gasteiger partial charge in [0.15, 0.2) is 0 Å². The summed E-state index contributed by atoms with van der Waals surface area (Å²) in [5, 5.41) is 3.40. The van der Waals surface area contributed by atoms with Crippen LogP contribution in [0.25, 0.3) is 0 Å². The van der Waals surface area contributed by atoms with Crippen LogP contribution in [-0.2, 0) is 9.53 Å². The Morgan fingerprint density at radius 1 is 1.56 bits per heavy atom. The Kier molecular flexibility index (Phi) is 3.97. The van der Waals surface area contributed by atoms with Crippen LogP contribution in [0.2, 0.25) is 0 Å². The molecule has 0 saturated carbocycles. The summed E-state index contributed by atoms with van der Waals surface area (Å²) in [5.74, 6) is 0.104. The second kappa shape index (κ2) is 4.72. The second-order valence-electron chi connectivity index (χ2n) is 5.33. The Morgan fingerprint density at radius 3 is 2.62 bits per heavy atom. The van der Waals surface area contributed by atoms with Gasteiger partial charge in [0.25, 0.3) is 5.91 Å². The van der Waals surface area contributed by atoms with E-state index >= 15 is 0 Å². The molecule has 1 saturated heterocycles. The lowest BCUT2D eigenvalue weighted by atomic mass is 9.97. The van der Waals surface area contributed by atoms with Crippen molar-refractivity contribution in [1.82, 2.24) is 10.2 Å². The molecule has 0 radical (unpaired) electrons. The molecule has 4 nitrogen and oxygen atoms in total. The minimum atomic E-state index is -0.673. The van der Waals surface area contributed by atoms with Crippen LogP contribution in [-0.4, -0.2) is 48.7 Å². The molecule has 0 spiro atoms. The summed E-state index contributed by atoms with van der Waals surface area (Å²) < 4.78 is 5.36. The molecule has 0 aliphatic carbocycles. The number of hydrogen-bond donors (Lipinski definition) is 1. The molecule has 0 aromatic heterocycles. The van der Waals surface area contributed by atoms with Crippen molar-refractivity contribution in [2.75, 3.05) is 26.7 Å². The Balaban J connectivity index is 2.74. The van der Waals surface area contributed by atoms with Gasteiger partial charge in [-0.1, -0.05) is 6.92 Å². The van der Waals surface area contributed by atoms with Crippen LogP contribution in [0, 0.1) is 0 Å². The SMILES string of the molecule is CCC(C)(OC)C(=O)N1CCNC(C)(C)C1. The smallest absolute Gasteiger partial charge is 0.254 e. The number of carbonyl (C=O) groups is 1. The standard InChI is InChI=1S/C12H24N2O2/c1-6-12(4,16-5)10(15)14-8-7-13-11(2,3)9-14/h13H,6-9H2,1-5H3. The normalized spacial score (nSPS) is 23.9. The van der Waals surface area contributed by atoms with Crippen LogP contribution in [0.1, 0.15) is 34.1 Å². The summed E-state index contributed by atoms with van der Waals surface area (Å²) >= 11 is 0. The largest absolute Gasteiger partial charge is 0.369 e. The summed E-state index contributed by atoms with van der Waals surface area (Å²) in [4.78, 5) is 14.2. The second-order valence-corrected chi connectivity index (χ2v) is 5.33. The average molecular weight is 228 g/mol. The maximum atomic E-state index is 12.3. The molecule has 1 N–H and O–H groups in total. The van der Waals surface area contributed by atoms with E-state index in [4.69, 9.17) is 4.74 Å². The van der Waals surface area contributed by atoms with Gasteiger partial charge >= 0.3 is 0 Å². The number of carbonyl (C=O) groups excluding carboxylic acids is 1. The first-order valence-corrected chi connectivity index (χ1v) is 5.94. The fraction of sp³-hybridized carbons (Fsp3) is 0.917. The van der Waals surface area contributed by atoms with Gasteiger partial charge in [0.05, 0.1) is 0 Å². The number of rotatable bonds is 3. The molecular weight excluding hydrogens is 204 g/mol. The summed E-state index contributed by atoms with van der Waals surface area (Å²) in [6, 6.07) is 0. The Hall–Kier alpha value is -0.610.